The number of hydrogen-bond donors (Lipinski definition) is 3. The first-order chi connectivity index (χ1) is 13.3. The third kappa shape index (κ3) is 8.78. The SMILES string of the molecule is CCOC(=O)C[C@H](N)c1cc(Br)cc(Cl)c1O.Cc1ccc(SOOO)cc1. The van der Waals surface area contributed by atoms with Crippen LogP contribution in [0, 0.1) is 6.92 Å². The number of aromatic hydroxyl groups is 1. The molecule has 0 aliphatic heterocycles. The summed E-state index contributed by atoms with van der Waals surface area (Å²) in [7, 11) is 0. The molecule has 154 valence electrons. The lowest BCUT2D eigenvalue weighted by Crippen LogP contribution is -2.17. The Morgan fingerprint density at radius 2 is 1.96 bits per heavy atom. The van der Waals surface area contributed by atoms with Gasteiger partial charge in [-0.1, -0.05) is 50.3 Å². The Labute approximate surface area is 180 Å². The molecule has 0 bridgehead atoms. The molecule has 0 saturated carbocycles. The van der Waals surface area contributed by atoms with Crippen LogP contribution in [0.4, 0.5) is 0 Å². The van der Waals surface area contributed by atoms with Crippen molar-refractivity contribution in [3.8, 4) is 5.75 Å². The number of benzene rings is 2. The molecule has 0 spiro atoms. The highest BCUT2D eigenvalue weighted by molar-refractivity contribution is 9.10. The van der Waals surface area contributed by atoms with Crippen LogP contribution in [0.25, 0.3) is 0 Å². The standard InChI is InChI=1S/C11H13BrClNO3.C7H8O3S/c1-2-17-10(15)5-9(14)7-3-6(12)4-8(13)11(7)16;1-6-2-4-7(5-3-6)11-10-9-8/h3-4,9,16H,2,5,14H2,1H3;2-5,8H,1H3/t9-;/m0./s1. The van der Waals surface area contributed by atoms with Crippen LogP contribution >= 0.6 is 39.6 Å². The molecule has 28 heavy (non-hydrogen) atoms. The van der Waals surface area contributed by atoms with Crippen LogP contribution in [0.1, 0.15) is 30.5 Å². The second kappa shape index (κ2) is 13.0. The predicted molar refractivity (Wildman–Crippen MR) is 111 cm³/mol. The number of hydrogen-bond acceptors (Lipinski definition) is 8. The third-order valence-corrected chi connectivity index (χ3v) is 4.67. The molecule has 2 aromatic rings. The quantitative estimate of drug-likeness (QED) is 0.209. The maximum absolute atomic E-state index is 11.3. The van der Waals surface area contributed by atoms with Gasteiger partial charge >= 0.3 is 5.97 Å². The van der Waals surface area contributed by atoms with Crippen LogP contribution in [-0.4, -0.2) is 22.9 Å². The Balaban J connectivity index is 0.000000307. The van der Waals surface area contributed by atoms with Crippen molar-refractivity contribution in [1.29, 1.82) is 0 Å². The molecular weight excluding hydrogens is 474 g/mol. The van der Waals surface area contributed by atoms with E-state index < -0.39 is 12.0 Å². The van der Waals surface area contributed by atoms with Crippen LogP contribution in [0.5, 0.6) is 5.75 Å². The number of carbonyl (C=O) groups is 1. The van der Waals surface area contributed by atoms with Crippen molar-refractivity contribution in [2.24, 2.45) is 5.73 Å². The first-order valence-electron chi connectivity index (χ1n) is 8.09. The number of rotatable bonds is 7. The van der Waals surface area contributed by atoms with E-state index in [1.807, 2.05) is 31.2 Å². The normalized spacial score (nSPS) is 11.4. The summed E-state index contributed by atoms with van der Waals surface area (Å²) in [6.45, 7) is 4.02. The molecule has 0 radical (unpaired) electrons. The van der Waals surface area contributed by atoms with Gasteiger partial charge < -0.3 is 15.6 Å². The molecule has 1 atom stereocenters. The highest BCUT2D eigenvalue weighted by Gasteiger charge is 2.18. The van der Waals surface area contributed by atoms with E-state index in [0.717, 1.165) is 16.9 Å². The Kier molecular flexibility index (Phi) is 11.5. The smallest absolute Gasteiger partial charge is 0.307 e. The molecule has 0 fully saturated rings. The molecule has 0 aliphatic carbocycles. The minimum absolute atomic E-state index is 0.00577. The molecule has 0 unspecified atom stereocenters. The maximum Gasteiger partial charge on any atom is 0.307 e. The van der Waals surface area contributed by atoms with Crippen molar-refractivity contribution in [3.05, 3.63) is 57.0 Å². The lowest BCUT2D eigenvalue weighted by Gasteiger charge is -2.14. The van der Waals surface area contributed by atoms with E-state index in [1.165, 1.54) is 5.56 Å². The molecule has 0 aliphatic rings. The zero-order valence-corrected chi connectivity index (χ0v) is 18.4. The summed E-state index contributed by atoms with van der Waals surface area (Å²) >= 11 is 10.0. The van der Waals surface area contributed by atoms with Crippen LogP contribution in [0.15, 0.2) is 45.8 Å². The van der Waals surface area contributed by atoms with Gasteiger partial charge in [0.2, 0.25) is 0 Å². The Morgan fingerprint density at radius 3 is 2.54 bits per heavy atom. The molecule has 0 aromatic heterocycles. The Hall–Kier alpha value is -1.33. The number of halogens is 2. The van der Waals surface area contributed by atoms with Gasteiger partial charge in [-0.05, 0) is 38.1 Å². The number of carbonyl (C=O) groups excluding carboxylic acids is 1. The lowest BCUT2D eigenvalue weighted by molar-refractivity contribution is -0.432. The van der Waals surface area contributed by atoms with Gasteiger partial charge in [-0.2, -0.15) is 0 Å². The fourth-order valence-electron chi connectivity index (χ4n) is 2.03. The number of esters is 1. The molecular formula is C18H21BrClNO6S. The minimum atomic E-state index is -0.649. The molecule has 0 saturated heterocycles. The topological polar surface area (TPSA) is 111 Å². The zero-order valence-electron chi connectivity index (χ0n) is 15.2. The Bertz CT molecular complexity index is 762. The monoisotopic (exact) mass is 493 g/mol. The molecule has 2 rings (SSSR count). The van der Waals surface area contributed by atoms with E-state index in [2.05, 4.69) is 25.3 Å². The number of ether oxygens (including phenoxy) is 1. The van der Waals surface area contributed by atoms with Gasteiger partial charge in [-0.15, -0.1) is 4.33 Å². The van der Waals surface area contributed by atoms with E-state index in [4.69, 9.17) is 27.3 Å². The van der Waals surface area contributed by atoms with Gasteiger partial charge in [-0.25, -0.2) is 5.26 Å². The van der Waals surface area contributed by atoms with Crippen molar-refractivity contribution >= 4 is 45.5 Å². The van der Waals surface area contributed by atoms with Gasteiger partial charge in [0.05, 0.1) is 30.1 Å². The fraction of sp³-hybridized carbons (Fsp3) is 0.278. The van der Waals surface area contributed by atoms with Crippen molar-refractivity contribution < 1.29 is 29.3 Å². The largest absolute Gasteiger partial charge is 0.506 e. The first-order valence-corrected chi connectivity index (χ1v) is 10.00. The highest BCUT2D eigenvalue weighted by atomic mass is 79.9. The van der Waals surface area contributed by atoms with E-state index >= 15 is 0 Å². The van der Waals surface area contributed by atoms with Gasteiger partial charge in [0.1, 0.15) is 5.75 Å². The zero-order chi connectivity index (χ0) is 21.1. The van der Waals surface area contributed by atoms with E-state index in [9.17, 15) is 9.90 Å². The molecule has 4 N–H and O–H groups in total. The molecule has 0 amide bonds. The summed E-state index contributed by atoms with van der Waals surface area (Å²) < 4.78 is 9.71. The van der Waals surface area contributed by atoms with Crippen molar-refractivity contribution in [2.45, 2.75) is 31.2 Å². The van der Waals surface area contributed by atoms with Crippen molar-refractivity contribution in [2.75, 3.05) is 6.61 Å². The van der Waals surface area contributed by atoms with Gasteiger partial charge in [0.15, 0.2) is 0 Å². The average Bonchev–Trinajstić information content (AvgIpc) is 2.65. The molecule has 0 heterocycles. The number of nitrogens with two attached hydrogens (primary N) is 1. The van der Waals surface area contributed by atoms with E-state index in [1.54, 1.807) is 19.1 Å². The van der Waals surface area contributed by atoms with Crippen LogP contribution in [0.2, 0.25) is 5.02 Å². The predicted octanol–water partition coefficient (Wildman–Crippen LogP) is 5.18. The van der Waals surface area contributed by atoms with Gasteiger partial charge in [0, 0.05) is 21.0 Å². The van der Waals surface area contributed by atoms with Gasteiger partial charge in [-0.3, -0.25) is 4.79 Å². The average molecular weight is 495 g/mol. The van der Waals surface area contributed by atoms with Crippen LogP contribution in [0.3, 0.4) is 0 Å². The molecule has 7 nitrogen and oxygen atoms in total. The number of aryl methyl sites for hydroxylation is 1. The number of phenolic OH excluding ortho intramolecular Hbond substituents is 1. The van der Waals surface area contributed by atoms with E-state index in [-0.39, 0.29) is 17.2 Å². The summed E-state index contributed by atoms with van der Waals surface area (Å²) in [5.41, 5.74) is 7.42. The first kappa shape index (κ1) is 24.7. The lowest BCUT2D eigenvalue weighted by atomic mass is 10.0. The second-order valence-electron chi connectivity index (χ2n) is 5.48. The van der Waals surface area contributed by atoms with Crippen molar-refractivity contribution in [3.63, 3.8) is 0 Å². The second-order valence-corrected chi connectivity index (χ2v) is 7.58. The minimum Gasteiger partial charge on any atom is -0.506 e. The van der Waals surface area contributed by atoms with Gasteiger partial charge in [0.25, 0.3) is 0 Å². The van der Waals surface area contributed by atoms with E-state index in [0.29, 0.717) is 16.6 Å². The Morgan fingerprint density at radius 1 is 1.32 bits per heavy atom. The van der Waals surface area contributed by atoms with Crippen LogP contribution < -0.4 is 5.73 Å². The highest BCUT2D eigenvalue weighted by Crippen LogP contribution is 2.35. The summed E-state index contributed by atoms with van der Waals surface area (Å²) in [6, 6.07) is 10.2. The molecule has 2 aromatic carbocycles. The van der Waals surface area contributed by atoms with Crippen LogP contribution in [-0.2, 0) is 18.9 Å². The third-order valence-electron chi connectivity index (χ3n) is 3.33. The molecule has 10 heteroatoms. The fourth-order valence-corrected chi connectivity index (χ4v) is 3.22. The number of phenols is 1. The van der Waals surface area contributed by atoms with Crippen molar-refractivity contribution in [1.82, 2.24) is 0 Å². The summed E-state index contributed by atoms with van der Waals surface area (Å²) in [6.07, 6.45) is -0.00577. The summed E-state index contributed by atoms with van der Waals surface area (Å²) in [4.78, 5) is 12.2. The summed E-state index contributed by atoms with van der Waals surface area (Å²) in [5.74, 6) is -0.512. The maximum atomic E-state index is 11.3. The summed E-state index contributed by atoms with van der Waals surface area (Å²) in [5, 5.41) is 21.2.